The lowest BCUT2D eigenvalue weighted by Crippen LogP contribution is -2.17. The minimum atomic E-state index is -0.0416. The molecule has 9 nitrogen and oxygen atoms in total. The maximum absolute atomic E-state index is 6.45. The zero-order valence-corrected chi connectivity index (χ0v) is 64.2. The smallest absolute Gasteiger partial charge is 0.160 e. The maximum Gasteiger partial charge on any atom is 0.160 e. The van der Waals surface area contributed by atoms with E-state index in [4.69, 9.17) is 40.9 Å². The Labute approximate surface area is 677 Å². The van der Waals surface area contributed by atoms with Crippen LogP contribution in [0.25, 0.3) is 167 Å². The van der Waals surface area contributed by atoms with Crippen LogP contribution in [0, 0.1) is 0 Å². The van der Waals surface area contributed by atoms with Gasteiger partial charge in [0.05, 0.1) is 56.4 Å². The van der Waals surface area contributed by atoms with Crippen LogP contribution in [-0.4, -0.2) is 35.2 Å². The fourth-order valence-corrected chi connectivity index (χ4v) is 17.2. The summed E-state index contributed by atoms with van der Waals surface area (Å²) in [7, 11) is 0. The van der Waals surface area contributed by atoms with Gasteiger partial charge in [0.25, 0.3) is 0 Å². The van der Waals surface area contributed by atoms with Crippen molar-refractivity contribution >= 4 is 111 Å². The molecule has 21 rings (SSSR count). The van der Waals surface area contributed by atoms with E-state index < -0.39 is 0 Å². The van der Waals surface area contributed by atoms with Gasteiger partial charge in [-0.2, -0.15) is 0 Å². The van der Waals surface area contributed by atoms with Crippen LogP contribution in [0.2, 0.25) is 0 Å². The molecule has 14 aromatic carbocycles. The van der Waals surface area contributed by atoms with E-state index >= 15 is 0 Å². The average molecular weight is 1500 g/mol. The maximum atomic E-state index is 6.45. The molecule has 2 aliphatic rings. The summed E-state index contributed by atoms with van der Waals surface area (Å²) < 4.78 is 8.92. The molecule has 6 heterocycles. The summed E-state index contributed by atoms with van der Waals surface area (Å²) in [6.45, 7) is 11.5. The van der Waals surface area contributed by atoms with E-state index in [0.29, 0.717) is 18.1 Å². The van der Waals surface area contributed by atoms with Crippen molar-refractivity contribution in [3.05, 3.63) is 423 Å². The quantitative estimate of drug-likeness (QED) is 0.100. The first kappa shape index (κ1) is 69.6. The molecule has 0 saturated carbocycles. The lowest BCUT2D eigenvalue weighted by atomic mass is 9.93. The van der Waals surface area contributed by atoms with Crippen molar-refractivity contribution in [1.29, 1.82) is 0 Å². The highest BCUT2D eigenvalue weighted by molar-refractivity contribution is 6.28. The van der Waals surface area contributed by atoms with Crippen LogP contribution in [0.5, 0.6) is 0 Å². The van der Waals surface area contributed by atoms with Gasteiger partial charge in [-0.05, 0) is 129 Å². The Hall–Kier alpha value is -15.3. The number of pyridine rings is 1. The number of allylic oxidation sites excluding steroid dienone is 5. The summed E-state index contributed by atoms with van der Waals surface area (Å²) in [4.78, 5) is 35.1. The Kier molecular flexibility index (Phi) is 17.5. The predicted molar refractivity (Wildman–Crippen MR) is 486 cm³/mol. The molecule has 1 unspecified atom stereocenters. The number of rotatable bonds is 14. The second kappa shape index (κ2) is 29.3. The number of aromatic nitrogens is 6. The molecule has 9 heteroatoms. The number of anilines is 2. The van der Waals surface area contributed by atoms with Gasteiger partial charge >= 0.3 is 0 Å². The summed E-state index contributed by atoms with van der Waals surface area (Å²) >= 11 is 0. The van der Waals surface area contributed by atoms with Crippen LogP contribution in [0.15, 0.2) is 393 Å². The molecule has 0 spiro atoms. The zero-order valence-electron chi connectivity index (χ0n) is 64.2. The second-order valence-corrected chi connectivity index (χ2v) is 30.0. The van der Waals surface area contributed by atoms with E-state index in [1.807, 2.05) is 49.4 Å². The van der Waals surface area contributed by atoms with Gasteiger partial charge in [0.2, 0.25) is 0 Å². The van der Waals surface area contributed by atoms with Crippen molar-refractivity contribution in [2.24, 2.45) is 4.99 Å². The third kappa shape index (κ3) is 12.6. The van der Waals surface area contributed by atoms with Crippen LogP contribution in [0.1, 0.15) is 58.5 Å². The van der Waals surface area contributed by atoms with E-state index in [1.165, 1.54) is 10.8 Å². The van der Waals surface area contributed by atoms with Crippen LogP contribution < -0.4 is 4.90 Å². The minimum absolute atomic E-state index is 0.0416. The van der Waals surface area contributed by atoms with Gasteiger partial charge in [-0.25, -0.2) is 24.9 Å². The summed E-state index contributed by atoms with van der Waals surface area (Å²) in [5, 5.41) is 9.04. The standard InChI is InChI=1S/C108H74N8O/c1-4-26-88-87-39-22-25-44-101(87)117-106(88)68(2)70-45-49-75(50-46-70)95-67-96(112-107(111-95)79-32-12-7-13-33-79)76-53-58-83(59-54-76)115-69(3)91-63-80-34-14-15-35-81(80)64-98(91)109-93(65-82-36-17-23-42-99(82)115)74-51-47-72(48-52-74)85-37-19-20-40-89(85)108-113-94(73-28-8-5-9-29-73)66-97(114-108)77-55-60-84(61-56-77)116-100-43-24-21-41-90(100)103-104(78-30-10-6-11-31-78)110-92-62-57-71-27-16-18-38-86(71)102(92)105(103)116/h4-55,57-64,66-67,77H,2-3,56,65H2,1H3/b26-4-,109-93+. The molecule has 5 aromatic heterocycles. The molecule has 0 N–H and O–H groups in total. The molecule has 0 saturated heterocycles. The first-order chi connectivity index (χ1) is 57.8. The van der Waals surface area contributed by atoms with E-state index in [0.717, 1.165) is 207 Å². The van der Waals surface area contributed by atoms with Gasteiger partial charge < -0.3 is 13.9 Å². The number of hydrogen-bond donors (Lipinski definition) is 0. The lowest BCUT2D eigenvalue weighted by molar-refractivity contribution is 0.600. The van der Waals surface area contributed by atoms with E-state index in [2.05, 4.69) is 350 Å². The van der Waals surface area contributed by atoms with Gasteiger partial charge in [0.1, 0.15) is 11.3 Å². The Balaban J connectivity index is 0.608. The molecular formula is C108H74N8O. The number of furan rings is 1. The van der Waals surface area contributed by atoms with E-state index in [1.54, 1.807) is 0 Å². The highest BCUT2D eigenvalue weighted by Gasteiger charge is 2.29. The topological polar surface area (TPSA) is 98.1 Å². The molecule has 0 radical (unpaired) electrons. The fraction of sp³-hybridized carbons (Fsp3) is 0.0370. The van der Waals surface area contributed by atoms with Crippen LogP contribution in [0.3, 0.4) is 0 Å². The highest BCUT2D eigenvalue weighted by atomic mass is 16.3. The number of benzene rings is 14. The Morgan fingerprint density at radius 3 is 1.79 bits per heavy atom. The lowest BCUT2D eigenvalue weighted by Gasteiger charge is -2.29. The van der Waals surface area contributed by atoms with Crippen molar-refractivity contribution in [2.45, 2.75) is 25.7 Å². The monoisotopic (exact) mass is 1500 g/mol. The summed E-state index contributed by atoms with van der Waals surface area (Å²) in [6.07, 6.45) is 12.4. The molecular weight excluding hydrogens is 1430 g/mol. The number of hydrogen-bond acceptors (Lipinski definition) is 8. The van der Waals surface area contributed by atoms with Gasteiger partial charge in [-0.3, -0.25) is 4.99 Å². The largest absolute Gasteiger partial charge is 0.455 e. The first-order valence-corrected chi connectivity index (χ1v) is 39.8. The van der Waals surface area contributed by atoms with E-state index in [9.17, 15) is 0 Å². The van der Waals surface area contributed by atoms with Crippen LogP contribution >= 0.6 is 0 Å². The summed E-state index contributed by atoms with van der Waals surface area (Å²) in [5.41, 5.74) is 27.8. The van der Waals surface area contributed by atoms with Crippen molar-refractivity contribution in [3.8, 4) is 78.9 Å². The van der Waals surface area contributed by atoms with Gasteiger partial charge in [-0.15, -0.1) is 0 Å². The molecule has 117 heavy (non-hydrogen) atoms. The van der Waals surface area contributed by atoms with Crippen molar-refractivity contribution < 1.29 is 4.42 Å². The van der Waals surface area contributed by atoms with Gasteiger partial charge in [0.15, 0.2) is 11.6 Å². The number of aliphatic imine (C=N–C) groups is 1. The number of nitrogens with zero attached hydrogens (tertiary/aromatic N) is 8. The summed E-state index contributed by atoms with van der Waals surface area (Å²) in [5.74, 6) is 2.01. The third-order valence-electron chi connectivity index (χ3n) is 23.0. The molecule has 552 valence electrons. The number of fused-ring (bicyclic) bond motifs is 11. The van der Waals surface area contributed by atoms with E-state index in [-0.39, 0.29) is 5.92 Å². The van der Waals surface area contributed by atoms with Crippen molar-refractivity contribution in [1.82, 2.24) is 29.5 Å². The third-order valence-corrected chi connectivity index (χ3v) is 23.0. The number of para-hydroxylation sites is 3. The average Bonchev–Trinajstić information content (AvgIpc) is 1.56. The predicted octanol–water partition coefficient (Wildman–Crippen LogP) is 27.8. The van der Waals surface area contributed by atoms with Gasteiger partial charge in [0, 0.05) is 107 Å². The first-order valence-electron chi connectivity index (χ1n) is 39.8. The van der Waals surface area contributed by atoms with Crippen LogP contribution in [0.4, 0.5) is 17.1 Å². The SMILES string of the molecule is C=C(c1ccc(-c2cc(-c3ccc(N4C(=C)c5cc6ccccc6cc5/N=C(/c5ccc(-c6ccccc6-c6nc(-c7ccccc7)cc(C7C=CC(n8c9ccccc9c9c(-c%10ccccc%10)nc%10ccc%11ccccc%11c%10c98)=CC7)n6)cc5)Cc5ccccc54)cc3)nc(-c3ccccc3)n2)cc1)c1oc2ccccc2c1/C=C\C. The molecule has 1 aliphatic heterocycles. The molecule has 0 bridgehead atoms. The van der Waals surface area contributed by atoms with Crippen molar-refractivity contribution in [2.75, 3.05) is 4.90 Å². The second-order valence-electron chi connectivity index (χ2n) is 30.0. The summed E-state index contributed by atoms with van der Waals surface area (Å²) in [6, 6.07) is 122. The van der Waals surface area contributed by atoms with Gasteiger partial charge in [-0.1, -0.05) is 323 Å². The zero-order chi connectivity index (χ0) is 78.0. The Bertz CT molecular complexity index is 7340. The molecule has 1 aliphatic carbocycles. The molecule has 19 aromatic rings. The Morgan fingerprint density at radius 1 is 0.462 bits per heavy atom. The molecule has 0 amide bonds. The minimum Gasteiger partial charge on any atom is -0.455 e. The van der Waals surface area contributed by atoms with Crippen molar-refractivity contribution in [3.63, 3.8) is 0 Å². The Morgan fingerprint density at radius 2 is 1.05 bits per heavy atom. The normalized spacial score (nSPS) is 14.0. The molecule has 0 fully saturated rings. The van der Waals surface area contributed by atoms with Crippen LogP contribution in [-0.2, 0) is 6.42 Å². The molecule has 1 atom stereocenters. The highest BCUT2D eigenvalue weighted by Crippen LogP contribution is 2.48. The fourth-order valence-electron chi connectivity index (χ4n) is 17.2.